The van der Waals surface area contributed by atoms with Crippen LogP contribution in [0.5, 0.6) is 0 Å². The first-order chi connectivity index (χ1) is 22.2. The third-order valence-corrected chi connectivity index (χ3v) is 9.19. The second-order valence-corrected chi connectivity index (χ2v) is 14.3. The van der Waals surface area contributed by atoms with Crippen molar-refractivity contribution >= 4 is 34.4 Å². The Kier molecular flexibility index (Phi) is 11.5. The number of benzene rings is 1. The van der Waals surface area contributed by atoms with Crippen molar-refractivity contribution < 1.29 is 46.5 Å². The van der Waals surface area contributed by atoms with Crippen LogP contribution in [0.1, 0.15) is 58.9 Å². The SMILES string of the molecule is C#CCN(C[C@@H]1[C@@H](OC(=O)NC2CC2)[C@@H](OC(=O)NC2CC2)CN(C(=O)OC(C)C)N1C(=O)OC(C)C)S(=O)(=O)c1ccc(C)cc1. The van der Waals surface area contributed by atoms with Crippen molar-refractivity contribution in [3.63, 3.8) is 0 Å². The van der Waals surface area contributed by atoms with Gasteiger partial charge in [-0.3, -0.25) is 0 Å². The zero-order chi connectivity index (χ0) is 34.5. The van der Waals surface area contributed by atoms with Crippen LogP contribution in [0.15, 0.2) is 29.2 Å². The van der Waals surface area contributed by atoms with Crippen LogP contribution in [-0.4, -0.2) is 109 Å². The summed E-state index contributed by atoms with van der Waals surface area (Å²) >= 11 is 0. The Bertz CT molecular complexity index is 1450. The van der Waals surface area contributed by atoms with Crippen molar-refractivity contribution in [1.82, 2.24) is 25.0 Å². The molecule has 1 aromatic carbocycles. The van der Waals surface area contributed by atoms with Gasteiger partial charge in [0.15, 0.2) is 12.2 Å². The maximum Gasteiger partial charge on any atom is 0.429 e. The number of hydrazine groups is 1. The number of hydrogen-bond donors (Lipinski definition) is 2. The smallest absolute Gasteiger partial charge is 0.429 e. The van der Waals surface area contributed by atoms with Crippen molar-refractivity contribution in [2.24, 2.45) is 0 Å². The van der Waals surface area contributed by atoms with Gasteiger partial charge >= 0.3 is 24.4 Å². The van der Waals surface area contributed by atoms with Crippen LogP contribution in [0.4, 0.5) is 19.2 Å². The van der Waals surface area contributed by atoms with Crippen LogP contribution in [0, 0.1) is 19.3 Å². The molecule has 2 N–H and O–H groups in total. The number of carbonyl (C=O) groups is 4. The van der Waals surface area contributed by atoms with Crippen LogP contribution in [0.25, 0.3) is 0 Å². The fourth-order valence-corrected chi connectivity index (χ4v) is 6.19. The summed E-state index contributed by atoms with van der Waals surface area (Å²) in [5, 5.41) is 7.11. The molecule has 2 saturated carbocycles. The molecule has 16 heteroatoms. The molecule has 0 spiro atoms. The number of terminal acetylenes is 1. The molecule has 1 aliphatic heterocycles. The first-order valence-corrected chi connectivity index (χ1v) is 17.1. The van der Waals surface area contributed by atoms with E-state index < -0.39 is 84.5 Å². The Hall–Kier alpha value is -4.23. The number of sulfonamides is 1. The number of nitrogens with one attached hydrogen (secondary N) is 2. The van der Waals surface area contributed by atoms with Crippen molar-refractivity contribution in [1.29, 1.82) is 0 Å². The van der Waals surface area contributed by atoms with E-state index in [9.17, 15) is 27.6 Å². The van der Waals surface area contributed by atoms with E-state index >= 15 is 0 Å². The molecule has 3 atom stereocenters. The van der Waals surface area contributed by atoms with Gasteiger partial charge in [0.25, 0.3) is 0 Å². The number of nitrogens with zero attached hydrogens (tertiary/aromatic N) is 3. The van der Waals surface area contributed by atoms with Crippen LogP contribution in [-0.2, 0) is 29.0 Å². The lowest BCUT2D eigenvalue weighted by molar-refractivity contribution is -0.161. The van der Waals surface area contributed by atoms with Gasteiger partial charge in [-0.05, 0) is 72.4 Å². The second-order valence-electron chi connectivity index (χ2n) is 12.3. The minimum Gasteiger partial charge on any atom is -0.445 e. The standard InChI is InChI=1S/C31H43N5O10S/c1-7-16-34(47(41,42)24-14-8-21(6)9-15-24)17-25-27(46-29(38)33-23-12-13-23)26(45-28(37)32-22-10-11-22)18-35(30(39)43-19(2)3)36(25)31(40)44-20(4)5/h1,8-9,14-15,19-20,22-23,25-27H,10-13,16-18H2,2-6H3,(H,32,37)(H,33,38)/t25-,26+,27-/m1/s1. The summed E-state index contributed by atoms with van der Waals surface area (Å²) in [7, 11) is -4.32. The number of carbonyl (C=O) groups excluding carboxylic acids is 4. The molecule has 1 saturated heterocycles. The number of hydrogen-bond acceptors (Lipinski definition) is 10. The third kappa shape index (κ3) is 9.64. The van der Waals surface area contributed by atoms with Gasteiger partial charge in [0.1, 0.15) is 6.04 Å². The van der Waals surface area contributed by atoms with Gasteiger partial charge in [0.05, 0.1) is 30.2 Å². The quantitative estimate of drug-likeness (QED) is 0.262. The van der Waals surface area contributed by atoms with Gasteiger partial charge in [-0.25, -0.2) is 37.6 Å². The summed E-state index contributed by atoms with van der Waals surface area (Å²) in [4.78, 5) is 53.3. The van der Waals surface area contributed by atoms with Crippen molar-refractivity contribution in [2.45, 2.75) is 108 Å². The largest absolute Gasteiger partial charge is 0.445 e. The van der Waals surface area contributed by atoms with E-state index in [1.54, 1.807) is 46.8 Å². The summed E-state index contributed by atoms with van der Waals surface area (Å²) in [5.74, 6) is 2.33. The molecule has 1 aromatic rings. The van der Waals surface area contributed by atoms with E-state index in [4.69, 9.17) is 25.4 Å². The molecule has 15 nitrogen and oxygen atoms in total. The Morgan fingerprint density at radius 2 is 1.45 bits per heavy atom. The average molecular weight is 678 g/mol. The predicted octanol–water partition coefficient (Wildman–Crippen LogP) is 3.12. The first kappa shape index (κ1) is 35.6. The number of amides is 4. The summed E-state index contributed by atoms with van der Waals surface area (Å²) in [6, 6.07) is 4.36. The molecule has 4 rings (SSSR count). The fraction of sp³-hybridized carbons (Fsp3) is 0.613. The van der Waals surface area contributed by atoms with Crippen LogP contribution >= 0.6 is 0 Å². The lowest BCUT2D eigenvalue weighted by Gasteiger charge is -2.49. The van der Waals surface area contributed by atoms with Crippen molar-refractivity contribution in [2.75, 3.05) is 19.6 Å². The highest BCUT2D eigenvalue weighted by Gasteiger charge is 2.53. The number of aryl methyl sites for hydroxylation is 1. The van der Waals surface area contributed by atoms with E-state index in [2.05, 4.69) is 16.6 Å². The van der Waals surface area contributed by atoms with Gasteiger partial charge in [0, 0.05) is 18.6 Å². The molecule has 1 heterocycles. The van der Waals surface area contributed by atoms with Gasteiger partial charge < -0.3 is 29.6 Å². The molecule has 2 aliphatic carbocycles. The Labute approximate surface area is 275 Å². The van der Waals surface area contributed by atoms with Crippen molar-refractivity contribution in [3.8, 4) is 12.3 Å². The normalized spacial score (nSPS) is 21.2. The molecule has 258 valence electrons. The van der Waals surface area contributed by atoms with E-state index in [0.29, 0.717) is 0 Å². The lowest BCUT2D eigenvalue weighted by atomic mass is 10.0. The maximum atomic E-state index is 14.0. The summed E-state index contributed by atoms with van der Waals surface area (Å²) in [6.45, 7) is 6.64. The zero-order valence-corrected chi connectivity index (χ0v) is 28.0. The molecule has 0 bridgehead atoms. The number of ether oxygens (including phenoxy) is 4. The Morgan fingerprint density at radius 3 is 1.96 bits per heavy atom. The van der Waals surface area contributed by atoms with E-state index in [-0.39, 0.29) is 17.0 Å². The topological polar surface area (TPSA) is 173 Å². The molecule has 4 amide bonds. The maximum absolute atomic E-state index is 14.0. The van der Waals surface area contributed by atoms with E-state index in [1.165, 1.54) is 12.1 Å². The molecule has 3 aliphatic rings. The van der Waals surface area contributed by atoms with E-state index in [0.717, 1.165) is 45.6 Å². The zero-order valence-electron chi connectivity index (χ0n) is 27.2. The molecule has 0 radical (unpaired) electrons. The third-order valence-electron chi connectivity index (χ3n) is 7.36. The van der Waals surface area contributed by atoms with Gasteiger partial charge in [-0.2, -0.15) is 4.31 Å². The predicted molar refractivity (Wildman–Crippen MR) is 167 cm³/mol. The highest BCUT2D eigenvalue weighted by Crippen LogP contribution is 2.30. The lowest BCUT2D eigenvalue weighted by Crippen LogP contribution is -2.71. The van der Waals surface area contributed by atoms with Gasteiger partial charge in [-0.1, -0.05) is 23.6 Å². The first-order valence-electron chi connectivity index (χ1n) is 15.6. The Morgan fingerprint density at radius 1 is 0.915 bits per heavy atom. The Balaban J connectivity index is 1.82. The molecular weight excluding hydrogens is 634 g/mol. The number of alkyl carbamates (subject to hydrolysis) is 2. The average Bonchev–Trinajstić information content (AvgIpc) is 3.91. The van der Waals surface area contributed by atoms with E-state index in [1.807, 2.05) is 0 Å². The molecule has 3 fully saturated rings. The minimum atomic E-state index is -4.32. The molecule has 0 aromatic heterocycles. The van der Waals surface area contributed by atoms with Crippen LogP contribution in [0.2, 0.25) is 0 Å². The highest BCUT2D eigenvalue weighted by molar-refractivity contribution is 7.89. The fourth-order valence-electron chi connectivity index (χ4n) is 4.82. The second kappa shape index (κ2) is 15.1. The van der Waals surface area contributed by atoms with Gasteiger partial charge in [-0.15, -0.1) is 6.42 Å². The monoisotopic (exact) mass is 677 g/mol. The summed E-state index contributed by atoms with van der Waals surface area (Å²) in [5.41, 5.74) is 0.821. The summed E-state index contributed by atoms with van der Waals surface area (Å²) < 4.78 is 51.3. The highest BCUT2D eigenvalue weighted by atomic mass is 32.2. The summed E-state index contributed by atoms with van der Waals surface area (Å²) in [6.07, 6.45) is 0.674. The minimum absolute atomic E-state index is 0.0814. The van der Waals surface area contributed by atoms with Crippen molar-refractivity contribution in [3.05, 3.63) is 29.8 Å². The number of rotatable bonds is 11. The van der Waals surface area contributed by atoms with Crippen LogP contribution in [0.3, 0.4) is 0 Å². The van der Waals surface area contributed by atoms with Crippen LogP contribution < -0.4 is 10.6 Å². The van der Waals surface area contributed by atoms with Gasteiger partial charge in [0.2, 0.25) is 10.0 Å². The molecule has 47 heavy (non-hydrogen) atoms. The molecular formula is C31H43N5O10S. The molecule has 0 unspecified atom stereocenters.